The summed E-state index contributed by atoms with van der Waals surface area (Å²) in [5.74, 6) is -0.369. The Balaban J connectivity index is 2.01. The second kappa shape index (κ2) is 4.85. The molecule has 1 aliphatic carbocycles. The van der Waals surface area contributed by atoms with Crippen LogP contribution in [0.2, 0.25) is 0 Å². The van der Waals surface area contributed by atoms with Crippen molar-refractivity contribution >= 4 is 33.4 Å². The van der Waals surface area contributed by atoms with E-state index in [1.807, 2.05) is 44.2 Å². The molecule has 0 radical (unpaired) electrons. The SMILES string of the molecule is Cc1cc(N2C(=O)C3CC=CC(C)C3C2=O)ccc1Br. The van der Waals surface area contributed by atoms with Gasteiger partial charge in [0.15, 0.2) is 0 Å². The number of fused-ring (bicyclic) bond motifs is 1. The predicted molar refractivity (Wildman–Crippen MR) is 81.3 cm³/mol. The zero-order chi connectivity index (χ0) is 14.4. The summed E-state index contributed by atoms with van der Waals surface area (Å²) in [6.07, 6.45) is 4.74. The molecule has 3 nitrogen and oxygen atoms in total. The number of nitrogens with zero attached hydrogens (tertiary/aromatic N) is 1. The minimum Gasteiger partial charge on any atom is -0.274 e. The molecule has 3 unspecified atom stereocenters. The van der Waals surface area contributed by atoms with E-state index in [1.54, 1.807) is 0 Å². The van der Waals surface area contributed by atoms with E-state index in [0.717, 1.165) is 10.0 Å². The van der Waals surface area contributed by atoms with E-state index >= 15 is 0 Å². The van der Waals surface area contributed by atoms with Crippen molar-refractivity contribution < 1.29 is 9.59 Å². The lowest BCUT2D eigenvalue weighted by Crippen LogP contribution is -2.31. The van der Waals surface area contributed by atoms with E-state index in [2.05, 4.69) is 15.9 Å². The fraction of sp³-hybridized carbons (Fsp3) is 0.375. The molecule has 1 saturated heterocycles. The summed E-state index contributed by atoms with van der Waals surface area (Å²) in [4.78, 5) is 26.5. The van der Waals surface area contributed by atoms with Crippen LogP contribution in [0.5, 0.6) is 0 Å². The number of imide groups is 1. The fourth-order valence-electron chi connectivity index (χ4n) is 3.17. The molecule has 0 bridgehead atoms. The number of hydrogen-bond donors (Lipinski definition) is 0. The third-order valence-electron chi connectivity index (χ3n) is 4.27. The molecule has 1 aromatic carbocycles. The van der Waals surface area contributed by atoms with Gasteiger partial charge < -0.3 is 0 Å². The first kappa shape index (κ1) is 13.6. The van der Waals surface area contributed by atoms with Crippen LogP contribution in [0, 0.1) is 24.7 Å². The third kappa shape index (κ3) is 1.94. The molecule has 2 aliphatic rings. The van der Waals surface area contributed by atoms with E-state index in [1.165, 1.54) is 4.90 Å². The summed E-state index contributed by atoms with van der Waals surface area (Å²) in [7, 11) is 0. The van der Waals surface area contributed by atoms with Gasteiger partial charge in [-0.05, 0) is 43.0 Å². The van der Waals surface area contributed by atoms with E-state index in [9.17, 15) is 9.59 Å². The molecule has 0 aromatic heterocycles. The summed E-state index contributed by atoms with van der Waals surface area (Å²) in [6.45, 7) is 3.96. The Hall–Kier alpha value is -1.42. The number of halogens is 1. The summed E-state index contributed by atoms with van der Waals surface area (Å²) < 4.78 is 0.979. The van der Waals surface area contributed by atoms with Gasteiger partial charge in [-0.3, -0.25) is 14.5 Å². The number of amides is 2. The highest BCUT2D eigenvalue weighted by molar-refractivity contribution is 9.10. The summed E-state index contributed by atoms with van der Waals surface area (Å²) in [6, 6.07) is 5.59. The minimum atomic E-state index is -0.198. The van der Waals surface area contributed by atoms with Crippen molar-refractivity contribution in [2.45, 2.75) is 20.3 Å². The number of carbonyl (C=O) groups is 2. The fourth-order valence-corrected chi connectivity index (χ4v) is 3.42. The first-order chi connectivity index (χ1) is 9.50. The van der Waals surface area contributed by atoms with E-state index < -0.39 is 0 Å². The molecule has 104 valence electrons. The molecule has 2 amide bonds. The molecule has 3 atom stereocenters. The normalized spacial score (nSPS) is 28.9. The van der Waals surface area contributed by atoms with Crippen LogP contribution in [0.3, 0.4) is 0 Å². The van der Waals surface area contributed by atoms with Crippen LogP contribution < -0.4 is 4.90 Å². The molecule has 0 N–H and O–H groups in total. The Morgan fingerprint density at radius 1 is 1.25 bits per heavy atom. The van der Waals surface area contributed by atoms with Gasteiger partial charge in [0, 0.05) is 4.47 Å². The molecule has 4 heteroatoms. The molecule has 1 heterocycles. The summed E-state index contributed by atoms with van der Waals surface area (Å²) in [5.41, 5.74) is 1.70. The molecule has 0 saturated carbocycles. The molecule has 20 heavy (non-hydrogen) atoms. The number of benzene rings is 1. The quantitative estimate of drug-likeness (QED) is 0.583. The maximum atomic E-state index is 12.6. The lowest BCUT2D eigenvalue weighted by molar-refractivity contribution is -0.122. The highest BCUT2D eigenvalue weighted by Gasteiger charge is 2.50. The standard InChI is InChI=1S/C16H16BrNO2/c1-9-4-3-5-12-14(9)16(20)18(15(12)19)11-6-7-13(17)10(2)8-11/h3-4,6-9,12,14H,5H2,1-2H3. The average molecular weight is 334 g/mol. The molecular weight excluding hydrogens is 318 g/mol. The van der Waals surface area contributed by atoms with Gasteiger partial charge >= 0.3 is 0 Å². The van der Waals surface area contributed by atoms with Crippen molar-refractivity contribution in [2.75, 3.05) is 4.90 Å². The van der Waals surface area contributed by atoms with Gasteiger partial charge in [-0.2, -0.15) is 0 Å². The molecule has 3 rings (SSSR count). The Labute approximate surface area is 126 Å². The largest absolute Gasteiger partial charge is 0.274 e. The molecule has 1 aliphatic heterocycles. The van der Waals surface area contributed by atoms with Crippen molar-refractivity contribution in [1.29, 1.82) is 0 Å². The number of rotatable bonds is 1. The zero-order valence-electron chi connectivity index (χ0n) is 11.5. The van der Waals surface area contributed by atoms with Gasteiger partial charge in [0.1, 0.15) is 0 Å². The van der Waals surface area contributed by atoms with Gasteiger partial charge in [0.2, 0.25) is 11.8 Å². The maximum absolute atomic E-state index is 12.6. The number of carbonyl (C=O) groups excluding carboxylic acids is 2. The highest BCUT2D eigenvalue weighted by Crippen LogP contribution is 2.40. The predicted octanol–water partition coefficient (Wildman–Crippen LogP) is 3.46. The van der Waals surface area contributed by atoms with Crippen LogP contribution in [-0.2, 0) is 9.59 Å². The number of allylic oxidation sites excluding steroid dienone is 2. The van der Waals surface area contributed by atoms with E-state index in [-0.39, 0.29) is 29.6 Å². The Morgan fingerprint density at radius 3 is 2.65 bits per heavy atom. The first-order valence-electron chi connectivity index (χ1n) is 6.81. The lowest BCUT2D eigenvalue weighted by atomic mass is 9.78. The van der Waals surface area contributed by atoms with Crippen molar-refractivity contribution in [1.82, 2.24) is 0 Å². The van der Waals surface area contributed by atoms with Crippen molar-refractivity contribution in [3.8, 4) is 0 Å². The number of anilines is 1. The van der Waals surface area contributed by atoms with Crippen LogP contribution in [-0.4, -0.2) is 11.8 Å². The van der Waals surface area contributed by atoms with E-state index in [4.69, 9.17) is 0 Å². The van der Waals surface area contributed by atoms with Crippen molar-refractivity contribution in [2.24, 2.45) is 17.8 Å². The Kier molecular flexibility index (Phi) is 3.28. The van der Waals surface area contributed by atoms with Gasteiger partial charge in [-0.25, -0.2) is 0 Å². The number of aryl methyl sites for hydroxylation is 1. The van der Waals surface area contributed by atoms with Gasteiger partial charge in [-0.15, -0.1) is 0 Å². The lowest BCUT2D eigenvalue weighted by Gasteiger charge is -2.22. The van der Waals surface area contributed by atoms with Crippen LogP contribution in [0.4, 0.5) is 5.69 Å². The molecular formula is C16H16BrNO2. The third-order valence-corrected chi connectivity index (χ3v) is 5.16. The highest BCUT2D eigenvalue weighted by atomic mass is 79.9. The smallest absolute Gasteiger partial charge is 0.238 e. The van der Waals surface area contributed by atoms with Crippen LogP contribution in [0.15, 0.2) is 34.8 Å². The van der Waals surface area contributed by atoms with Gasteiger partial charge in [0.05, 0.1) is 17.5 Å². The Morgan fingerprint density at radius 2 is 2.00 bits per heavy atom. The molecule has 1 aromatic rings. The Bertz CT molecular complexity index is 623. The topological polar surface area (TPSA) is 37.4 Å². The second-order valence-electron chi connectivity index (χ2n) is 5.60. The van der Waals surface area contributed by atoms with Crippen LogP contribution in [0.25, 0.3) is 0 Å². The second-order valence-corrected chi connectivity index (χ2v) is 6.45. The maximum Gasteiger partial charge on any atom is 0.238 e. The average Bonchev–Trinajstić information content (AvgIpc) is 2.67. The monoisotopic (exact) mass is 333 g/mol. The van der Waals surface area contributed by atoms with E-state index in [0.29, 0.717) is 12.1 Å². The summed E-state index contributed by atoms with van der Waals surface area (Å²) >= 11 is 3.44. The summed E-state index contributed by atoms with van der Waals surface area (Å²) in [5, 5.41) is 0. The van der Waals surface area contributed by atoms with Gasteiger partial charge in [-0.1, -0.05) is 35.0 Å². The first-order valence-corrected chi connectivity index (χ1v) is 7.60. The number of hydrogen-bond acceptors (Lipinski definition) is 2. The zero-order valence-corrected chi connectivity index (χ0v) is 13.1. The minimum absolute atomic E-state index is 0.0569. The van der Waals surface area contributed by atoms with Crippen LogP contribution in [0.1, 0.15) is 18.9 Å². The van der Waals surface area contributed by atoms with Crippen molar-refractivity contribution in [3.63, 3.8) is 0 Å². The van der Waals surface area contributed by atoms with Crippen LogP contribution >= 0.6 is 15.9 Å². The van der Waals surface area contributed by atoms with Gasteiger partial charge in [0.25, 0.3) is 0 Å². The van der Waals surface area contributed by atoms with Crippen molar-refractivity contribution in [3.05, 3.63) is 40.4 Å². The molecule has 0 spiro atoms. The molecule has 1 fully saturated rings.